The molecule has 6 rings (SSSR count). The van der Waals surface area contributed by atoms with Gasteiger partial charge in [0.2, 0.25) is 0 Å². The molecule has 0 aromatic heterocycles. The summed E-state index contributed by atoms with van der Waals surface area (Å²) in [6, 6.07) is 35.2. The molecule has 0 spiro atoms. The molecule has 37 heavy (non-hydrogen) atoms. The average Bonchev–Trinajstić information content (AvgIpc) is 3.35. The van der Waals surface area contributed by atoms with Gasteiger partial charge in [-0.25, -0.2) is 0 Å². The topological polar surface area (TPSA) is 15.7 Å². The van der Waals surface area contributed by atoms with Gasteiger partial charge in [-0.1, -0.05) is 97.1 Å². The van der Waals surface area contributed by atoms with Gasteiger partial charge in [0.1, 0.15) is 11.3 Å². The first-order valence-electron chi connectivity index (χ1n) is 12.5. The Morgan fingerprint density at radius 1 is 0.703 bits per heavy atom. The summed E-state index contributed by atoms with van der Waals surface area (Å²) in [4.78, 5) is 3.76. The fourth-order valence-electron chi connectivity index (χ4n) is 5.91. The number of alkyl halides is 3. The smallest absolute Gasteiger partial charge is 0.401 e. The highest BCUT2D eigenvalue weighted by Gasteiger charge is 2.46. The number of hydrogen-bond acceptors (Lipinski definition) is 3. The second-order valence-electron chi connectivity index (χ2n) is 9.64. The summed E-state index contributed by atoms with van der Waals surface area (Å²) in [6.45, 7) is 0.0621. The normalized spacial score (nSPS) is 15.7. The van der Waals surface area contributed by atoms with Gasteiger partial charge in [0.25, 0.3) is 0 Å². The van der Waals surface area contributed by atoms with Crippen molar-refractivity contribution in [2.24, 2.45) is 0 Å². The van der Waals surface area contributed by atoms with Gasteiger partial charge in [-0.15, -0.1) is 0 Å². The Morgan fingerprint density at radius 2 is 1.24 bits per heavy atom. The van der Waals surface area contributed by atoms with Gasteiger partial charge < -0.3 is 9.64 Å². The van der Waals surface area contributed by atoms with E-state index < -0.39 is 18.3 Å². The van der Waals surface area contributed by atoms with Crippen LogP contribution in [0.4, 0.5) is 18.9 Å². The Balaban J connectivity index is 1.51. The van der Waals surface area contributed by atoms with Crippen LogP contribution in [0, 0.1) is 0 Å². The fourth-order valence-corrected chi connectivity index (χ4v) is 5.91. The van der Waals surface area contributed by atoms with E-state index in [4.69, 9.17) is 4.74 Å². The predicted molar refractivity (Wildman–Crippen MR) is 139 cm³/mol. The number of rotatable bonds is 5. The van der Waals surface area contributed by atoms with Gasteiger partial charge in [0.05, 0.1) is 12.2 Å². The van der Waals surface area contributed by atoms with E-state index in [0.717, 1.165) is 39.3 Å². The minimum absolute atomic E-state index is 0.271. The molecule has 4 aromatic carbocycles. The highest BCUT2D eigenvalue weighted by atomic mass is 19.4. The van der Waals surface area contributed by atoms with Gasteiger partial charge in [0.15, 0.2) is 6.73 Å². The Morgan fingerprint density at radius 3 is 1.76 bits per heavy atom. The molecule has 4 aromatic rings. The average molecular weight is 501 g/mol. The Labute approximate surface area is 214 Å². The highest BCUT2D eigenvalue weighted by molar-refractivity contribution is 5.72. The summed E-state index contributed by atoms with van der Waals surface area (Å²) in [5.41, 5.74) is 5.54. The zero-order chi connectivity index (χ0) is 25.5. The molecule has 0 fully saturated rings. The van der Waals surface area contributed by atoms with Crippen LogP contribution in [0.5, 0.6) is 5.75 Å². The third-order valence-electron chi connectivity index (χ3n) is 7.42. The molecule has 6 heteroatoms. The highest BCUT2D eigenvalue weighted by Crippen LogP contribution is 2.51. The van der Waals surface area contributed by atoms with Crippen molar-refractivity contribution in [3.63, 3.8) is 0 Å². The molecule has 0 radical (unpaired) electrons. The summed E-state index contributed by atoms with van der Waals surface area (Å²) in [5, 5.41) is 0. The number of hydrogen-bond donors (Lipinski definition) is 0. The Hall–Kier alpha value is -3.77. The van der Waals surface area contributed by atoms with Crippen LogP contribution in [0.15, 0.2) is 103 Å². The maximum absolute atomic E-state index is 13.0. The maximum atomic E-state index is 13.0. The number of halogens is 3. The van der Waals surface area contributed by atoms with Gasteiger partial charge in [-0.2, -0.15) is 13.2 Å². The van der Waals surface area contributed by atoms with E-state index in [2.05, 4.69) is 77.7 Å². The molecule has 3 nitrogen and oxygen atoms in total. The summed E-state index contributed by atoms with van der Waals surface area (Å²) < 4.78 is 45.5. The molecule has 2 heterocycles. The first-order chi connectivity index (χ1) is 18.0. The molecule has 0 amide bonds. The van der Waals surface area contributed by atoms with E-state index in [9.17, 15) is 13.2 Å². The molecule has 188 valence electrons. The van der Waals surface area contributed by atoms with Gasteiger partial charge in [-0.3, -0.25) is 4.90 Å². The largest absolute Gasteiger partial charge is 0.471 e. The molecule has 0 bridgehead atoms. The number of anilines is 1. The quantitative estimate of drug-likeness (QED) is 0.282. The van der Waals surface area contributed by atoms with E-state index in [1.165, 1.54) is 4.90 Å². The molecule has 0 unspecified atom stereocenters. The minimum atomic E-state index is -4.21. The van der Waals surface area contributed by atoms with Crippen molar-refractivity contribution in [2.75, 3.05) is 24.7 Å². The molecular weight excluding hydrogens is 473 g/mol. The summed E-state index contributed by atoms with van der Waals surface area (Å²) in [5.74, 6) is 0.788. The molecule has 2 aliphatic rings. The van der Waals surface area contributed by atoms with Crippen LogP contribution in [0.1, 0.15) is 27.8 Å². The molecule has 0 saturated heterocycles. The van der Waals surface area contributed by atoms with E-state index in [1.807, 2.05) is 30.3 Å². The second-order valence-corrected chi connectivity index (χ2v) is 9.64. The number of fused-ring (bicyclic) bond motifs is 3. The van der Waals surface area contributed by atoms with Crippen molar-refractivity contribution in [3.05, 3.63) is 131 Å². The zero-order valence-electron chi connectivity index (χ0n) is 20.3. The van der Waals surface area contributed by atoms with Crippen LogP contribution in [0.2, 0.25) is 0 Å². The molecule has 0 N–H and O–H groups in total. The zero-order valence-corrected chi connectivity index (χ0v) is 20.3. The van der Waals surface area contributed by atoms with E-state index in [1.54, 1.807) is 0 Å². The molecular formula is C31H27F3N2O. The van der Waals surface area contributed by atoms with Crippen molar-refractivity contribution in [1.29, 1.82) is 0 Å². The molecule has 0 aliphatic carbocycles. The minimum Gasteiger partial charge on any atom is -0.471 e. The van der Waals surface area contributed by atoms with Crippen LogP contribution >= 0.6 is 0 Å². The lowest BCUT2D eigenvalue weighted by molar-refractivity contribution is -0.147. The standard InChI is InChI=1S/C31H27F3N2O/c32-30(33,34)21-35-19-18-27-23(20-35)16-17-28-29(27)37-22-36(28)31(24-10-4-1-5-11-24,25-12-6-2-7-13-25)26-14-8-3-9-15-26/h1-17H,18-22H2. The third-order valence-corrected chi connectivity index (χ3v) is 7.42. The van der Waals surface area contributed by atoms with Crippen molar-refractivity contribution in [1.82, 2.24) is 4.90 Å². The fraction of sp³-hybridized carbons (Fsp3) is 0.226. The van der Waals surface area contributed by atoms with Crippen molar-refractivity contribution < 1.29 is 17.9 Å². The SMILES string of the molecule is FC(F)(F)CN1CCc2c(ccc3c2OCN3C(c2ccccc2)(c2ccccc2)c2ccccc2)C1. The number of nitrogens with zero attached hydrogens (tertiary/aromatic N) is 2. The summed E-state index contributed by atoms with van der Waals surface area (Å²) in [6.07, 6.45) is -3.68. The molecule has 0 atom stereocenters. The Bertz CT molecular complexity index is 1280. The van der Waals surface area contributed by atoms with Crippen molar-refractivity contribution in [2.45, 2.75) is 24.7 Å². The van der Waals surface area contributed by atoms with Gasteiger partial charge >= 0.3 is 6.18 Å². The number of ether oxygens (including phenoxy) is 1. The van der Waals surface area contributed by atoms with E-state index in [0.29, 0.717) is 19.7 Å². The third kappa shape index (κ3) is 4.15. The summed E-state index contributed by atoms with van der Waals surface area (Å²) in [7, 11) is 0. The lowest BCUT2D eigenvalue weighted by Crippen LogP contribution is -2.48. The van der Waals surface area contributed by atoms with Crippen LogP contribution in [0.25, 0.3) is 0 Å². The predicted octanol–water partition coefficient (Wildman–Crippen LogP) is 6.76. The van der Waals surface area contributed by atoms with Gasteiger partial charge in [-0.05, 0) is 34.7 Å². The van der Waals surface area contributed by atoms with Crippen LogP contribution in [-0.4, -0.2) is 30.9 Å². The number of benzene rings is 4. The van der Waals surface area contributed by atoms with Gasteiger partial charge in [0, 0.05) is 18.7 Å². The van der Waals surface area contributed by atoms with E-state index >= 15 is 0 Å². The van der Waals surface area contributed by atoms with E-state index in [-0.39, 0.29) is 6.54 Å². The van der Waals surface area contributed by atoms with Crippen LogP contribution < -0.4 is 9.64 Å². The molecule has 0 saturated carbocycles. The molecule has 2 aliphatic heterocycles. The second kappa shape index (κ2) is 9.27. The maximum Gasteiger partial charge on any atom is 0.401 e. The lowest BCUT2D eigenvalue weighted by Gasteiger charge is -2.44. The first-order valence-corrected chi connectivity index (χ1v) is 12.5. The monoisotopic (exact) mass is 500 g/mol. The first kappa shape index (κ1) is 23.6. The van der Waals surface area contributed by atoms with Crippen LogP contribution in [-0.2, 0) is 18.5 Å². The van der Waals surface area contributed by atoms with Crippen molar-refractivity contribution in [3.8, 4) is 5.75 Å². The Kier molecular flexibility index (Phi) is 5.92. The van der Waals surface area contributed by atoms with Crippen molar-refractivity contribution >= 4 is 5.69 Å². The lowest BCUT2D eigenvalue weighted by atomic mass is 9.75. The summed E-state index contributed by atoms with van der Waals surface area (Å²) >= 11 is 0. The van der Waals surface area contributed by atoms with Crippen LogP contribution in [0.3, 0.4) is 0 Å².